The van der Waals surface area contributed by atoms with Crippen LogP contribution >= 0.6 is 12.4 Å². The van der Waals surface area contributed by atoms with Gasteiger partial charge in [-0.15, -0.1) is 17.5 Å². The van der Waals surface area contributed by atoms with Gasteiger partial charge >= 0.3 is 0 Å². The van der Waals surface area contributed by atoms with Crippen molar-refractivity contribution in [3.63, 3.8) is 0 Å². The zero-order chi connectivity index (χ0) is 18.0. The first kappa shape index (κ1) is 20.3. The van der Waals surface area contributed by atoms with Crippen LogP contribution in [0, 0.1) is 5.82 Å². The number of halogens is 2. The molecule has 2 N–H and O–H groups in total. The molecule has 3 rings (SSSR count). The average Bonchev–Trinajstić information content (AvgIpc) is 3.03. The van der Waals surface area contributed by atoms with Crippen molar-refractivity contribution < 1.29 is 9.18 Å². The van der Waals surface area contributed by atoms with Gasteiger partial charge in [0, 0.05) is 18.0 Å². The molecule has 1 aliphatic rings. The van der Waals surface area contributed by atoms with Gasteiger partial charge in [-0.25, -0.2) is 14.1 Å². The van der Waals surface area contributed by atoms with Gasteiger partial charge in [-0.2, -0.15) is 0 Å². The van der Waals surface area contributed by atoms with E-state index in [0.717, 1.165) is 19.4 Å². The molecule has 8 heteroatoms. The molecular formula is C18H25ClFN5O. The van der Waals surface area contributed by atoms with Crippen LogP contribution < -0.4 is 10.6 Å². The largest absolute Gasteiger partial charge is 0.345 e. The van der Waals surface area contributed by atoms with E-state index >= 15 is 0 Å². The van der Waals surface area contributed by atoms with E-state index in [2.05, 4.69) is 27.6 Å². The first-order chi connectivity index (χ1) is 12.0. The number of para-hydroxylation sites is 1. The van der Waals surface area contributed by atoms with Gasteiger partial charge in [-0.05, 0) is 38.4 Å². The van der Waals surface area contributed by atoms with Crippen molar-refractivity contribution in [3.8, 4) is 5.69 Å². The third-order valence-corrected chi connectivity index (χ3v) is 4.51. The van der Waals surface area contributed by atoms with Crippen LogP contribution in [0.3, 0.4) is 0 Å². The van der Waals surface area contributed by atoms with Gasteiger partial charge in [-0.3, -0.25) is 4.79 Å². The predicted molar refractivity (Wildman–Crippen MR) is 101 cm³/mol. The Morgan fingerprint density at radius 1 is 1.38 bits per heavy atom. The number of piperidine rings is 1. The number of carbonyl (C=O) groups excluding carboxylic acids is 1. The molecule has 26 heavy (non-hydrogen) atoms. The van der Waals surface area contributed by atoms with Crippen LogP contribution in [-0.2, 0) is 0 Å². The molecule has 1 aromatic heterocycles. The average molecular weight is 382 g/mol. The second-order valence-corrected chi connectivity index (χ2v) is 6.78. The monoisotopic (exact) mass is 381 g/mol. The molecule has 6 nitrogen and oxygen atoms in total. The maximum Gasteiger partial charge on any atom is 0.291 e. The lowest BCUT2D eigenvalue weighted by atomic mass is 10.00. The first-order valence-corrected chi connectivity index (χ1v) is 8.73. The van der Waals surface area contributed by atoms with E-state index < -0.39 is 5.82 Å². The van der Waals surface area contributed by atoms with Crippen LogP contribution in [0.25, 0.3) is 5.69 Å². The molecule has 1 aromatic carbocycles. The molecule has 1 amide bonds. The number of amides is 1. The summed E-state index contributed by atoms with van der Waals surface area (Å²) in [4.78, 5) is 17.0. The highest BCUT2D eigenvalue weighted by molar-refractivity contribution is 5.90. The minimum Gasteiger partial charge on any atom is -0.345 e. The normalized spacial score (nSPS) is 19.9. The smallest absolute Gasteiger partial charge is 0.291 e. The van der Waals surface area contributed by atoms with Crippen molar-refractivity contribution in [1.82, 2.24) is 25.4 Å². The lowest BCUT2D eigenvalue weighted by Gasteiger charge is -2.30. The van der Waals surface area contributed by atoms with Gasteiger partial charge in [0.1, 0.15) is 17.3 Å². The summed E-state index contributed by atoms with van der Waals surface area (Å²) < 4.78 is 15.6. The highest BCUT2D eigenvalue weighted by atomic mass is 35.5. The molecule has 1 fully saturated rings. The predicted octanol–water partition coefficient (Wildman–Crippen LogP) is 2.82. The fourth-order valence-electron chi connectivity index (χ4n) is 3.07. The van der Waals surface area contributed by atoms with E-state index in [1.54, 1.807) is 18.2 Å². The maximum atomic E-state index is 14.2. The Balaban J connectivity index is 0.00000243. The minimum atomic E-state index is -0.397. The standard InChI is InChI=1S/C18H24FN5O.ClH/c1-11(2)17-22-16(18(25)21-14-8-6-10-20-12(14)3)23-24(17)15-9-5-4-7-13(15)19;/h4-5,7,9,11-12,14,20H,6,8,10H2,1-3H3,(H,21,25);1H. The Morgan fingerprint density at radius 3 is 2.77 bits per heavy atom. The molecule has 0 spiro atoms. The number of hydrogen-bond donors (Lipinski definition) is 2. The number of aromatic nitrogens is 3. The summed E-state index contributed by atoms with van der Waals surface area (Å²) in [7, 11) is 0. The summed E-state index contributed by atoms with van der Waals surface area (Å²) in [5.41, 5.74) is 0.297. The van der Waals surface area contributed by atoms with Gasteiger partial charge in [-0.1, -0.05) is 26.0 Å². The summed E-state index contributed by atoms with van der Waals surface area (Å²) in [5.74, 6) is -0.0809. The maximum absolute atomic E-state index is 14.2. The fourth-order valence-corrected chi connectivity index (χ4v) is 3.07. The van der Waals surface area contributed by atoms with Crippen LogP contribution in [0.4, 0.5) is 4.39 Å². The van der Waals surface area contributed by atoms with Crippen LogP contribution in [0.1, 0.15) is 56.0 Å². The van der Waals surface area contributed by atoms with Gasteiger partial charge < -0.3 is 10.6 Å². The molecule has 2 aromatic rings. The van der Waals surface area contributed by atoms with Crippen molar-refractivity contribution in [2.45, 2.75) is 51.6 Å². The van der Waals surface area contributed by atoms with Gasteiger partial charge in [0.2, 0.25) is 5.82 Å². The van der Waals surface area contributed by atoms with Gasteiger partial charge in [0.25, 0.3) is 5.91 Å². The minimum absolute atomic E-state index is 0. The third kappa shape index (κ3) is 4.22. The highest BCUT2D eigenvalue weighted by Gasteiger charge is 2.26. The summed E-state index contributed by atoms with van der Waals surface area (Å²) in [5, 5.41) is 10.6. The molecule has 142 valence electrons. The van der Waals surface area contributed by atoms with Crippen molar-refractivity contribution >= 4 is 18.3 Å². The second kappa shape index (κ2) is 8.60. The number of nitrogens with one attached hydrogen (secondary N) is 2. The molecule has 0 aliphatic carbocycles. The molecule has 2 unspecified atom stereocenters. The molecule has 1 saturated heterocycles. The summed E-state index contributed by atoms with van der Waals surface area (Å²) in [6.07, 6.45) is 1.94. The molecule has 0 bridgehead atoms. The molecule has 2 atom stereocenters. The van der Waals surface area contributed by atoms with Gasteiger partial charge in [0.05, 0.1) is 0 Å². The Labute approximate surface area is 159 Å². The Bertz CT molecular complexity index is 764. The zero-order valence-electron chi connectivity index (χ0n) is 15.2. The quantitative estimate of drug-likeness (QED) is 0.854. The number of rotatable bonds is 4. The van der Waals surface area contributed by atoms with Crippen LogP contribution in [-0.4, -0.2) is 39.3 Å². The van der Waals surface area contributed by atoms with Crippen molar-refractivity contribution in [2.24, 2.45) is 0 Å². The van der Waals surface area contributed by atoms with Crippen molar-refractivity contribution in [1.29, 1.82) is 0 Å². The molecule has 2 heterocycles. The molecule has 1 aliphatic heterocycles. The number of hydrogen-bond acceptors (Lipinski definition) is 4. The van der Waals surface area contributed by atoms with Crippen LogP contribution in [0.15, 0.2) is 24.3 Å². The Morgan fingerprint density at radius 2 is 2.12 bits per heavy atom. The number of benzene rings is 1. The van der Waals surface area contributed by atoms with Crippen molar-refractivity contribution in [3.05, 3.63) is 41.7 Å². The molecule has 0 radical (unpaired) electrons. The van der Waals surface area contributed by atoms with Gasteiger partial charge in [0.15, 0.2) is 0 Å². The Kier molecular flexibility index (Phi) is 6.72. The lowest BCUT2D eigenvalue weighted by Crippen LogP contribution is -2.52. The van der Waals surface area contributed by atoms with E-state index in [1.807, 2.05) is 13.8 Å². The van der Waals surface area contributed by atoms with E-state index in [9.17, 15) is 9.18 Å². The molecular weight excluding hydrogens is 357 g/mol. The van der Waals surface area contributed by atoms with Crippen LogP contribution in [0.2, 0.25) is 0 Å². The van der Waals surface area contributed by atoms with E-state index in [0.29, 0.717) is 11.5 Å². The second-order valence-electron chi connectivity index (χ2n) is 6.78. The molecule has 0 saturated carbocycles. The highest BCUT2D eigenvalue weighted by Crippen LogP contribution is 2.20. The van der Waals surface area contributed by atoms with E-state index in [1.165, 1.54) is 10.7 Å². The van der Waals surface area contributed by atoms with E-state index in [-0.39, 0.29) is 42.1 Å². The fraction of sp³-hybridized carbons (Fsp3) is 0.500. The van der Waals surface area contributed by atoms with Crippen LogP contribution in [0.5, 0.6) is 0 Å². The first-order valence-electron chi connectivity index (χ1n) is 8.73. The van der Waals surface area contributed by atoms with E-state index in [4.69, 9.17) is 0 Å². The summed E-state index contributed by atoms with van der Waals surface area (Å²) in [6.45, 7) is 6.90. The number of carbonyl (C=O) groups is 1. The lowest BCUT2D eigenvalue weighted by molar-refractivity contribution is 0.0909. The summed E-state index contributed by atoms with van der Waals surface area (Å²) >= 11 is 0. The summed E-state index contributed by atoms with van der Waals surface area (Å²) in [6, 6.07) is 6.61. The topological polar surface area (TPSA) is 71.8 Å². The van der Waals surface area contributed by atoms with Crippen molar-refractivity contribution in [2.75, 3.05) is 6.54 Å². The zero-order valence-corrected chi connectivity index (χ0v) is 16.0. The Hall–Kier alpha value is -1.99. The number of nitrogens with zero attached hydrogens (tertiary/aromatic N) is 3. The SMILES string of the molecule is CC(C)c1nc(C(=O)NC2CCCNC2C)nn1-c1ccccc1F.Cl. The third-order valence-electron chi connectivity index (χ3n) is 4.51.